The number of rotatable bonds is 3. The molecule has 3 nitrogen and oxygen atoms in total. The van der Waals surface area contributed by atoms with E-state index >= 15 is 0 Å². The largest absolute Gasteiger partial charge is 0.312 e. The van der Waals surface area contributed by atoms with Gasteiger partial charge < -0.3 is 5.32 Å². The molecular weight excluding hydrogens is 324 g/mol. The summed E-state index contributed by atoms with van der Waals surface area (Å²) >= 11 is 3.17. The van der Waals surface area contributed by atoms with Crippen molar-refractivity contribution in [2.24, 2.45) is 5.92 Å². The molecule has 1 aromatic carbocycles. The summed E-state index contributed by atoms with van der Waals surface area (Å²) in [5, 5.41) is 13.1. The molecule has 0 aliphatic heterocycles. The number of nitrogens with one attached hydrogen (secondary N) is 1. The van der Waals surface area contributed by atoms with Crippen LogP contribution in [0.2, 0.25) is 0 Å². The zero-order valence-electron chi connectivity index (χ0n) is 13.2. The van der Waals surface area contributed by atoms with Gasteiger partial charge in [-0.2, -0.15) is 5.26 Å². The van der Waals surface area contributed by atoms with Gasteiger partial charge in [0.15, 0.2) is 0 Å². The normalized spacial score (nSPS) is 16.5. The second kappa shape index (κ2) is 6.77. The molecule has 0 unspecified atom stereocenters. The number of carbonyl (C=O) groups excluding carboxylic acids is 1. The van der Waals surface area contributed by atoms with Crippen molar-refractivity contribution in [3.63, 3.8) is 0 Å². The lowest BCUT2D eigenvalue weighted by Gasteiger charge is -2.17. The number of benzene rings is 1. The fourth-order valence-corrected chi connectivity index (χ4v) is 4.71. The Morgan fingerprint density at radius 3 is 3.04 bits per heavy atom. The van der Waals surface area contributed by atoms with Crippen molar-refractivity contribution in [2.45, 2.75) is 31.1 Å². The van der Waals surface area contributed by atoms with E-state index in [1.807, 2.05) is 24.5 Å². The van der Waals surface area contributed by atoms with E-state index in [1.54, 1.807) is 29.2 Å². The molecule has 0 fully saturated rings. The molecule has 3 rings (SSSR count). The second-order valence-corrected chi connectivity index (χ2v) is 7.84. The minimum absolute atomic E-state index is 0.149. The van der Waals surface area contributed by atoms with Crippen LogP contribution in [0.3, 0.4) is 0 Å². The lowest BCUT2D eigenvalue weighted by Crippen LogP contribution is -2.12. The minimum atomic E-state index is -0.149. The number of carbonyl (C=O) groups is 1. The second-order valence-electron chi connectivity index (χ2n) is 5.85. The molecule has 23 heavy (non-hydrogen) atoms. The van der Waals surface area contributed by atoms with Gasteiger partial charge in [-0.1, -0.05) is 13.0 Å². The maximum absolute atomic E-state index is 12.5. The highest BCUT2D eigenvalue weighted by molar-refractivity contribution is 7.98. The molecule has 1 amide bonds. The van der Waals surface area contributed by atoms with Gasteiger partial charge in [-0.25, -0.2) is 0 Å². The van der Waals surface area contributed by atoms with Gasteiger partial charge >= 0.3 is 0 Å². The Bertz CT molecular complexity index is 789. The number of nitrogens with zero attached hydrogens (tertiary/aromatic N) is 1. The average molecular weight is 342 g/mol. The molecule has 2 aromatic rings. The van der Waals surface area contributed by atoms with Gasteiger partial charge in [-0.05, 0) is 55.2 Å². The number of anilines is 1. The number of fused-ring (bicyclic) bond motifs is 1. The number of hydrogen-bond donors (Lipinski definition) is 1. The highest BCUT2D eigenvalue weighted by atomic mass is 32.2. The van der Waals surface area contributed by atoms with Crippen LogP contribution in [0.4, 0.5) is 5.00 Å². The van der Waals surface area contributed by atoms with E-state index < -0.39 is 0 Å². The molecule has 0 bridgehead atoms. The fourth-order valence-electron chi connectivity index (χ4n) is 2.90. The van der Waals surface area contributed by atoms with Crippen LogP contribution < -0.4 is 5.32 Å². The Morgan fingerprint density at radius 1 is 1.48 bits per heavy atom. The predicted molar refractivity (Wildman–Crippen MR) is 96.4 cm³/mol. The number of thioether (sulfide) groups is 1. The molecule has 5 heteroatoms. The van der Waals surface area contributed by atoms with Crippen molar-refractivity contribution < 1.29 is 4.79 Å². The minimum Gasteiger partial charge on any atom is -0.312 e. The van der Waals surface area contributed by atoms with Crippen LogP contribution >= 0.6 is 23.1 Å². The third-order valence-electron chi connectivity index (χ3n) is 4.18. The molecule has 1 aliphatic carbocycles. The lowest BCUT2D eigenvalue weighted by atomic mass is 9.88. The first-order chi connectivity index (χ1) is 11.1. The maximum Gasteiger partial charge on any atom is 0.256 e. The van der Waals surface area contributed by atoms with E-state index in [1.165, 1.54) is 4.88 Å². The molecule has 118 valence electrons. The first-order valence-corrected chi connectivity index (χ1v) is 9.66. The van der Waals surface area contributed by atoms with Crippen molar-refractivity contribution in [1.29, 1.82) is 5.26 Å². The summed E-state index contributed by atoms with van der Waals surface area (Å²) in [5.41, 5.74) is 2.43. The Labute approximate surface area is 144 Å². The molecule has 0 spiro atoms. The number of thiophene rings is 1. The van der Waals surface area contributed by atoms with Gasteiger partial charge in [0.2, 0.25) is 0 Å². The third-order valence-corrected chi connectivity index (χ3v) is 6.08. The summed E-state index contributed by atoms with van der Waals surface area (Å²) in [7, 11) is 0. The standard InChI is InChI=1S/C18H18N2OS2/c1-11-6-7-14-15(10-19)18(23-16(14)8-11)20-17(21)12-4-3-5-13(9-12)22-2/h3-5,9,11H,6-8H2,1-2H3,(H,20,21)/t11-/m1/s1. The Kier molecular flexibility index (Phi) is 4.74. The summed E-state index contributed by atoms with van der Waals surface area (Å²) < 4.78 is 0. The van der Waals surface area contributed by atoms with Crippen LogP contribution in [0.25, 0.3) is 0 Å². The first-order valence-electron chi connectivity index (χ1n) is 7.62. The molecule has 1 atom stereocenters. The van der Waals surface area contributed by atoms with Crippen LogP contribution in [0.15, 0.2) is 29.2 Å². The van der Waals surface area contributed by atoms with Crippen molar-refractivity contribution in [3.05, 3.63) is 45.8 Å². The number of amides is 1. The van der Waals surface area contributed by atoms with Crippen molar-refractivity contribution in [3.8, 4) is 6.07 Å². The molecule has 0 radical (unpaired) electrons. The molecule has 1 heterocycles. The van der Waals surface area contributed by atoms with Gasteiger partial charge in [-0.15, -0.1) is 23.1 Å². The summed E-state index contributed by atoms with van der Waals surface area (Å²) in [6, 6.07) is 9.83. The maximum atomic E-state index is 12.5. The molecule has 1 aliphatic rings. The third kappa shape index (κ3) is 3.29. The van der Waals surface area contributed by atoms with Gasteiger partial charge in [0.25, 0.3) is 5.91 Å². The molecule has 1 aromatic heterocycles. The van der Waals surface area contributed by atoms with Crippen molar-refractivity contribution >= 4 is 34.0 Å². The first kappa shape index (κ1) is 16.1. The highest BCUT2D eigenvalue weighted by Crippen LogP contribution is 2.39. The quantitative estimate of drug-likeness (QED) is 0.821. The zero-order chi connectivity index (χ0) is 16.4. The van der Waals surface area contributed by atoms with Gasteiger partial charge in [0.05, 0.1) is 5.56 Å². The average Bonchev–Trinajstić information content (AvgIpc) is 2.90. The van der Waals surface area contributed by atoms with Crippen LogP contribution in [0.1, 0.15) is 39.7 Å². The predicted octanol–water partition coefficient (Wildman–Crippen LogP) is 4.72. The number of nitriles is 1. The van der Waals surface area contributed by atoms with E-state index in [0.717, 1.165) is 29.7 Å². The van der Waals surface area contributed by atoms with Gasteiger partial charge in [0.1, 0.15) is 11.1 Å². The number of hydrogen-bond acceptors (Lipinski definition) is 4. The molecule has 0 saturated heterocycles. The molecule has 0 saturated carbocycles. The summed E-state index contributed by atoms with van der Waals surface area (Å²) in [6.45, 7) is 2.24. The smallest absolute Gasteiger partial charge is 0.256 e. The Hall–Kier alpha value is -1.77. The summed E-state index contributed by atoms with van der Waals surface area (Å²) in [6.07, 6.45) is 5.04. The molecule has 1 N–H and O–H groups in total. The zero-order valence-corrected chi connectivity index (χ0v) is 14.8. The van der Waals surface area contributed by atoms with E-state index in [9.17, 15) is 10.1 Å². The van der Waals surface area contributed by atoms with E-state index in [-0.39, 0.29) is 5.91 Å². The lowest BCUT2D eigenvalue weighted by molar-refractivity contribution is 0.102. The summed E-state index contributed by atoms with van der Waals surface area (Å²) in [5.74, 6) is 0.499. The van der Waals surface area contributed by atoms with Gasteiger partial charge in [0, 0.05) is 15.3 Å². The molecular formula is C18H18N2OS2. The van der Waals surface area contributed by atoms with Crippen molar-refractivity contribution in [1.82, 2.24) is 0 Å². The summed E-state index contributed by atoms with van der Waals surface area (Å²) in [4.78, 5) is 14.8. The van der Waals surface area contributed by atoms with Gasteiger partial charge in [-0.3, -0.25) is 4.79 Å². The topological polar surface area (TPSA) is 52.9 Å². The van der Waals surface area contributed by atoms with E-state index in [2.05, 4.69) is 18.3 Å². The Morgan fingerprint density at radius 2 is 2.30 bits per heavy atom. The Balaban J connectivity index is 1.88. The van der Waals surface area contributed by atoms with Crippen LogP contribution in [0, 0.1) is 17.2 Å². The van der Waals surface area contributed by atoms with Crippen LogP contribution in [-0.4, -0.2) is 12.2 Å². The monoisotopic (exact) mass is 342 g/mol. The van der Waals surface area contributed by atoms with E-state index in [4.69, 9.17) is 0 Å². The van der Waals surface area contributed by atoms with Crippen LogP contribution in [-0.2, 0) is 12.8 Å². The highest BCUT2D eigenvalue weighted by Gasteiger charge is 2.24. The van der Waals surface area contributed by atoms with E-state index in [0.29, 0.717) is 22.0 Å². The van der Waals surface area contributed by atoms with Crippen LogP contribution in [0.5, 0.6) is 0 Å². The van der Waals surface area contributed by atoms with Crippen molar-refractivity contribution in [2.75, 3.05) is 11.6 Å². The SMILES string of the molecule is CSc1cccc(C(=O)Nc2sc3c(c2C#N)CC[C@@H](C)C3)c1. The fraction of sp³-hybridized carbons (Fsp3) is 0.333.